The number of benzene rings is 3. The molecule has 6 atom stereocenters. The van der Waals surface area contributed by atoms with E-state index in [1.54, 1.807) is 22.7 Å². The Morgan fingerprint density at radius 3 is 2.48 bits per heavy atom. The molecule has 1 amide bonds. The molecule has 2 N–H and O–H groups in total. The first-order chi connectivity index (χ1) is 29.5. The van der Waals surface area contributed by atoms with Crippen molar-refractivity contribution in [2.24, 2.45) is 22.9 Å². The van der Waals surface area contributed by atoms with E-state index in [0.29, 0.717) is 38.2 Å². The molecule has 3 aromatic rings. The van der Waals surface area contributed by atoms with Crippen LogP contribution in [0.25, 0.3) is 0 Å². The summed E-state index contributed by atoms with van der Waals surface area (Å²) in [6.07, 6.45) is 9.25. The Labute approximate surface area is 364 Å². The number of rotatable bonds is 24. The van der Waals surface area contributed by atoms with Gasteiger partial charge in [-0.1, -0.05) is 85.6 Å². The third kappa shape index (κ3) is 11.1. The predicted molar refractivity (Wildman–Crippen MR) is 238 cm³/mol. The molecule has 0 saturated heterocycles. The maximum absolute atomic E-state index is 14.1. The number of halogens is 1. The lowest BCUT2D eigenvalue weighted by Gasteiger charge is -2.59. The van der Waals surface area contributed by atoms with Crippen molar-refractivity contribution in [1.82, 2.24) is 4.90 Å². The van der Waals surface area contributed by atoms with Crippen molar-refractivity contribution in [1.29, 1.82) is 0 Å². The molecular formula is C48H61ClN2O8S. The highest BCUT2D eigenvalue weighted by molar-refractivity contribution is 7.99. The van der Waals surface area contributed by atoms with Gasteiger partial charge in [-0.2, -0.15) is 0 Å². The van der Waals surface area contributed by atoms with Gasteiger partial charge >= 0.3 is 6.09 Å². The molecule has 0 spiro atoms. The van der Waals surface area contributed by atoms with Crippen LogP contribution in [0.3, 0.4) is 0 Å². The van der Waals surface area contributed by atoms with Crippen molar-refractivity contribution in [2.45, 2.75) is 87.5 Å². The lowest BCUT2D eigenvalue weighted by Crippen LogP contribution is -2.70. The summed E-state index contributed by atoms with van der Waals surface area (Å²) in [4.78, 5) is 23.3. The van der Waals surface area contributed by atoms with E-state index in [-0.39, 0.29) is 63.1 Å². The summed E-state index contributed by atoms with van der Waals surface area (Å²) >= 11 is 7.79. The number of hydrogen-bond acceptors (Lipinski definition) is 10. The second-order valence-corrected chi connectivity index (χ2v) is 17.1. The number of carbonyl (C=O) groups is 1. The summed E-state index contributed by atoms with van der Waals surface area (Å²) < 4.78 is 26.5. The van der Waals surface area contributed by atoms with Gasteiger partial charge in [0.25, 0.3) is 0 Å². The van der Waals surface area contributed by atoms with E-state index >= 15 is 0 Å². The zero-order valence-electron chi connectivity index (χ0n) is 34.8. The molecule has 0 bridgehead atoms. The molecule has 6 rings (SSSR count). The molecule has 324 valence electrons. The van der Waals surface area contributed by atoms with E-state index in [1.165, 1.54) is 4.90 Å². The maximum atomic E-state index is 14.1. The molecular weight excluding hydrogens is 800 g/mol. The van der Waals surface area contributed by atoms with Crippen molar-refractivity contribution in [2.75, 3.05) is 51.2 Å². The number of unbranched alkanes of at least 4 members (excludes halogenated alkanes) is 2. The SMILES string of the molecule is C=CCOC12Oc3ccc(OCCSc4ccccc4)cc3C3C(CCCCO)C(CCCCO)C=C(C(=NOCc4ccccc4)CC1N(CCC)C(=O)OCCCl)C32. The number of fused-ring (bicyclic) bond motifs is 2. The van der Waals surface area contributed by atoms with Crippen LogP contribution in [0.4, 0.5) is 4.79 Å². The Kier molecular flexibility index (Phi) is 17.7. The Hall–Kier alpha value is -4.00. The molecule has 6 unspecified atom stereocenters. The van der Waals surface area contributed by atoms with Crippen LogP contribution < -0.4 is 9.47 Å². The van der Waals surface area contributed by atoms with Gasteiger partial charge < -0.3 is 34.0 Å². The van der Waals surface area contributed by atoms with Gasteiger partial charge in [0.05, 0.1) is 30.7 Å². The molecule has 1 heterocycles. The van der Waals surface area contributed by atoms with Crippen molar-refractivity contribution in [3.63, 3.8) is 0 Å². The molecule has 12 heteroatoms. The zero-order chi connectivity index (χ0) is 42.2. The second-order valence-electron chi connectivity index (χ2n) is 15.5. The number of amides is 1. The number of ether oxygens (including phenoxy) is 4. The first-order valence-electron chi connectivity index (χ1n) is 21.5. The summed E-state index contributed by atoms with van der Waals surface area (Å²) in [6, 6.07) is 25.6. The molecule has 1 saturated carbocycles. The Bertz CT molecular complexity index is 1870. The summed E-state index contributed by atoms with van der Waals surface area (Å²) in [5, 5.41) is 24.8. The number of aliphatic hydroxyl groups is 2. The Morgan fingerprint density at radius 1 is 1.02 bits per heavy atom. The highest BCUT2D eigenvalue weighted by atomic mass is 35.5. The Morgan fingerprint density at radius 2 is 1.77 bits per heavy atom. The van der Waals surface area contributed by atoms with Gasteiger partial charge in [-0.05, 0) is 85.4 Å². The van der Waals surface area contributed by atoms with E-state index in [2.05, 4.69) is 30.9 Å². The molecule has 0 aromatic heterocycles. The van der Waals surface area contributed by atoms with Gasteiger partial charge in [0.15, 0.2) is 0 Å². The fourth-order valence-corrected chi connectivity index (χ4v) is 9.99. The molecule has 2 aliphatic carbocycles. The summed E-state index contributed by atoms with van der Waals surface area (Å²) in [5.74, 6) is 0.603. The fraction of sp³-hybridized carbons (Fsp3) is 0.500. The molecule has 10 nitrogen and oxygen atoms in total. The van der Waals surface area contributed by atoms with E-state index in [4.69, 9.17) is 40.5 Å². The van der Waals surface area contributed by atoms with Crippen LogP contribution in [0.5, 0.6) is 11.5 Å². The summed E-state index contributed by atoms with van der Waals surface area (Å²) in [7, 11) is 0. The number of alkyl halides is 1. The van der Waals surface area contributed by atoms with E-state index in [9.17, 15) is 15.0 Å². The molecule has 0 radical (unpaired) electrons. The smallest absolute Gasteiger partial charge is 0.410 e. The van der Waals surface area contributed by atoms with Crippen LogP contribution in [0.1, 0.15) is 75.3 Å². The number of oxime groups is 1. The van der Waals surface area contributed by atoms with Gasteiger partial charge in [-0.25, -0.2) is 4.79 Å². The molecule has 3 aliphatic rings. The minimum absolute atomic E-state index is 0.0605. The number of nitrogens with zero attached hydrogens (tertiary/aromatic N) is 2. The van der Waals surface area contributed by atoms with E-state index in [1.807, 2.05) is 67.6 Å². The monoisotopic (exact) mass is 860 g/mol. The first kappa shape index (κ1) is 45.5. The van der Waals surface area contributed by atoms with Crippen LogP contribution in [0, 0.1) is 17.8 Å². The fourth-order valence-electron chi connectivity index (χ4n) is 9.16. The van der Waals surface area contributed by atoms with Crippen LogP contribution in [-0.4, -0.2) is 90.0 Å². The predicted octanol–water partition coefficient (Wildman–Crippen LogP) is 9.78. The average Bonchev–Trinajstić information content (AvgIpc) is 3.27. The third-order valence-corrected chi connectivity index (χ3v) is 12.8. The van der Waals surface area contributed by atoms with Gasteiger partial charge in [0.2, 0.25) is 5.79 Å². The molecule has 60 heavy (non-hydrogen) atoms. The lowest BCUT2D eigenvalue weighted by atomic mass is 9.55. The second kappa shape index (κ2) is 23.3. The molecule has 3 aromatic carbocycles. The minimum Gasteiger partial charge on any atom is -0.493 e. The largest absolute Gasteiger partial charge is 0.493 e. The first-order valence-corrected chi connectivity index (χ1v) is 23.0. The number of aliphatic hydroxyl groups excluding tert-OH is 2. The highest BCUT2D eigenvalue weighted by Crippen LogP contribution is 2.62. The normalized spacial score (nSPS) is 23.4. The molecule has 1 fully saturated rings. The van der Waals surface area contributed by atoms with Crippen molar-refractivity contribution >= 4 is 35.2 Å². The van der Waals surface area contributed by atoms with Gasteiger partial charge in [-0.15, -0.1) is 29.9 Å². The zero-order valence-corrected chi connectivity index (χ0v) is 36.4. The lowest BCUT2D eigenvalue weighted by molar-refractivity contribution is -0.255. The highest BCUT2D eigenvalue weighted by Gasteiger charge is 2.65. The third-order valence-electron chi connectivity index (χ3n) is 11.6. The number of thioether (sulfide) groups is 1. The van der Waals surface area contributed by atoms with Crippen LogP contribution in [-0.2, 0) is 20.9 Å². The van der Waals surface area contributed by atoms with Gasteiger partial charge in [0.1, 0.15) is 30.8 Å². The van der Waals surface area contributed by atoms with Crippen molar-refractivity contribution in [3.8, 4) is 11.5 Å². The van der Waals surface area contributed by atoms with Gasteiger partial charge in [0, 0.05) is 48.3 Å². The van der Waals surface area contributed by atoms with Crippen LogP contribution in [0.15, 0.2) is 113 Å². The number of carbonyl (C=O) groups excluding carboxylic acids is 1. The maximum Gasteiger partial charge on any atom is 0.410 e. The quantitative estimate of drug-likeness (QED) is 0.0298. The Balaban J connectivity index is 1.50. The number of hydrogen-bond donors (Lipinski definition) is 2. The summed E-state index contributed by atoms with van der Waals surface area (Å²) in [6.45, 7) is 7.69. The average molecular weight is 862 g/mol. The van der Waals surface area contributed by atoms with Crippen molar-refractivity contribution in [3.05, 3.63) is 114 Å². The van der Waals surface area contributed by atoms with E-state index < -0.39 is 23.8 Å². The number of allylic oxidation sites excluding steroid dienone is 1. The minimum atomic E-state index is -1.37. The van der Waals surface area contributed by atoms with Crippen molar-refractivity contribution < 1.29 is 38.8 Å². The van der Waals surface area contributed by atoms with E-state index in [0.717, 1.165) is 59.6 Å². The van der Waals surface area contributed by atoms with Crippen LogP contribution >= 0.6 is 23.4 Å². The van der Waals surface area contributed by atoms with Gasteiger partial charge in [-0.3, -0.25) is 4.90 Å². The summed E-state index contributed by atoms with van der Waals surface area (Å²) in [5.41, 5.74) is 3.70. The standard InChI is InChI=1S/C48H61ClN2O8S/c1-3-24-51(47(54)56-28-23-49)44-33-42(50-58-34-35-15-7-5-8-16-35)40-31-36(17-11-13-25-52)39(20-12-14-26-53)45-41-32-37(55-29-30-60-38-18-9-6-10-19-38)21-22-43(41)59-48(44,46(40)45)57-27-4-2/h4-10,15-16,18-19,21-22,31-32,36,39,44-46,52-53H,2-3,11-14,17,20,23-30,33-34H2,1H3. The topological polar surface area (TPSA) is 119 Å². The molecule has 1 aliphatic heterocycles. The van der Waals surface area contributed by atoms with Crippen LogP contribution in [0.2, 0.25) is 0 Å².